The lowest BCUT2D eigenvalue weighted by Gasteiger charge is -2.18. The molecule has 0 aliphatic rings. The highest BCUT2D eigenvalue weighted by atomic mass is 19.4. The van der Waals surface area contributed by atoms with E-state index < -0.39 is 69.8 Å². The SMILES string of the molecule is FC(F)(F)c1ccc(-c2ccc(-c3nc(-c4ccccc4)nc(-c4ccccc4)n3)cc2-n2c3cc(-c4cc(C(F)(F)F)cc(C(F)(F)F)c4)ccc3c3ccc(-c4cc(C(F)(F)F)cc(C(F)(F)F)c4)cc32)cc1. The van der Waals surface area contributed by atoms with E-state index in [1.165, 1.54) is 53.1 Å². The largest absolute Gasteiger partial charge is 0.416 e. The number of aromatic nitrogens is 4. The smallest absolute Gasteiger partial charge is 0.309 e. The molecular formula is C56H29F15N4. The van der Waals surface area contributed by atoms with Gasteiger partial charge in [-0.15, -0.1) is 0 Å². The van der Waals surface area contributed by atoms with Crippen molar-refractivity contribution in [1.82, 2.24) is 19.5 Å². The Morgan fingerprint density at radius 2 is 0.613 bits per heavy atom. The molecule has 2 aromatic heterocycles. The van der Waals surface area contributed by atoms with Gasteiger partial charge < -0.3 is 4.57 Å². The van der Waals surface area contributed by atoms with Crippen LogP contribution in [0.25, 0.3) is 95.0 Å². The Morgan fingerprint density at radius 1 is 0.267 bits per heavy atom. The summed E-state index contributed by atoms with van der Waals surface area (Å²) in [5.41, 5.74) is -7.26. The number of alkyl halides is 15. The second-order valence-electron chi connectivity index (χ2n) is 17.2. The van der Waals surface area contributed by atoms with Crippen molar-refractivity contribution in [2.45, 2.75) is 30.9 Å². The second kappa shape index (κ2) is 18.2. The van der Waals surface area contributed by atoms with E-state index in [9.17, 15) is 65.9 Å². The molecular weight excluding hydrogens is 1010 g/mol. The Bertz CT molecular complexity index is 3540. The third-order valence-electron chi connectivity index (χ3n) is 12.3. The van der Waals surface area contributed by atoms with Crippen molar-refractivity contribution >= 4 is 21.8 Å². The number of hydrogen-bond donors (Lipinski definition) is 0. The molecule has 0 saturated heterocycles. The topological polar surface area (TPSA) is 43.6 Å². The van der Waals surface area contributed by atoms with Gasteiger partial charge in [0.2, 0.25) is 0 Å². The van der Waals surface area contributed by atoms with Gasteiger partial charge in [0.05, 0.1) is 44.5 Å². The predicted octanol–water partition coefficient (Wildman–Crippen LogP) is 18.1. The lowest BCUT2D eigenvalue weighted by atomic mass is 9.97. The number of rotatable bonds is 7. The van der Waals surface area contributed by atoms with Crippen LogP contribution in [0.1, 0.15) is 27.8 Å². The molecule has 19 heteroatoms. The summed E-state index contributed by atoms with van der Waals surface area (Å²) in [5, 5.41) is 0.481. The highest BCUT2D eigenvalue weighted by Crippen LogP contribution is 2.45. The standard InChI is InChI=1S/C56H29F15N4/c57-52(58,59)38-16-11-30(12-17-38)43-18-15-35(51-73-49(31-7-3-1-4-8-31)72-50(74-51)32-9-5-2-6-10-32)27-46(43)75-47-25-33(36-21-39(53(60,61)62)28-40(22-36)54(63,64)65)13-19-44(47)45-20-14-34(26-48(45)75)37-23-41(55(66,67)68)29-42(24-37)56(69,70)71/h1-29H. The van der Waals surface area contributed by atoms with Gasteiger partial charge in [0, 0.05) is 33.0 Å². The Hall–Kier alpha value is -8.48. The van der Waals surface area contributed by atoms with Crippen molar-refractivity contribution in [3.05, 3.63) is 204 Å². The molecule has 0 atom stereocenters. The zero-order valence-electron chi connectivity index (χ0n) is 37.7. The van der Waals surface area contributed by atoms with Crippen molar-refractivity contribution in [1.29, 1.82) is 0 Å². The molecule has 8 aromatic carbocycles. The van der Waals surface area contributed by atoms with E-state index in [0.717, 1.165) is 24.3 Å². The molecule has 0 N–H and O–H groups in total. The minimum atomic E-state index is -5.24. The highest BCUT2D eigenvalue weighted by molar-refractivity contribution is 6.12. The molecule has 0 unspecified atom stereocenters. The second-order valence-corrected chi connectivity index (χ2v) is 17.2. The Balaban J connectivity index is 1.31. The average molecular weight is 1040 g/mol. The molecule has 0 amide bonds. The molecule has 0 fully saturated rings. The molecule has 0 radical (unpaired) electrons. The molecule has 10 rings (SSSR count). The third kappa shape index (κ3) is 10.0. The Kier molecular flexibility index (Phi) is 12.1. The van der Waals surface area contributed by atoms with Crippen molar-refractivity contribution < 1.29 is 65.9 Å². The van der Waals surface area contributed by atoms with Gasteiger partial charge in [0.15, 0.2) is 17.5 Å². The molecule has 0 bridgehead atoms. The monoisotopic (exact) mass is 1040 g/mol. The number of halogens is 15. The van der Waals surface area contributed by atoms with Crippen LogP contribution in [0.2, 0.25) is 0 Å². The van der Waals surface area contributed by atoms with Crippen LogP contribution in [-0.2, 0) is 30.9 Å². The normalized spacial score (nSPS) is 12.7. The van der Waals surface area contributed by atoms with Gasteiger partial charge in [-0.25, -0.2) is 15.0 Å². The minimum Gasteiger partial charge on any atom is -0.309 e. The Labute approximate surface area is 414 Å². The first-order chi connectivity index (χ1) is 35.3. The maximum absolute atomic E-state index is 14.2. The summed E-state index contributed by atoms with van der Waals surface area (Å²) in [6, 6.07) is 35.6. The fraction of sp³-hybridized carbons (Fsp3) is 0.0893. The first kappa shape index (κ1) is 50.1. The summed E-state index contributed by atoms with van der Waals surface area (Å²) in [7, 11) is 0. The zero-order chi connectivity index (χ0) is 53.4. The van der Waals surface area contributed by atoms with E-state index in [2.05, 4.69) is 0 Å². The molecule has 0 spiro atoms. The number of fused-ring (bicyclic) bond motifs is 3. The van der Waals surface area contributed by atoms with E-state index in [1.54, 1.807) is 66.7 Å². The van der Waals surface area contributed by atoms with Gasteiger partial charge in [0.25, 0.3) is 0 Å². The van der Waals surface area contributed by atoms with Crippen LogP contribution in [-0.4, -0.2) is 19.5 Å². The third-order valence-corrected chi connectivity index (χ3v) is 12.3. The number of benzene rings is 8. The van der Waals surface area contributed by atoms with Crippen LogP contribution in [0.4, 0.5) is 65.9 Å². The van der Waals surface area contributed by atoms with E-state index in [1.807, 2.05) is 0 Å². The van der Waals surface area contributed by atoms with Crippen molar-refractivity contribution in [2.75, 3.05) is 0 Å². The van der Waals surface area contributed by atoms with Gasteiger partial charge in [-0.1, -0.05) is 109 Å². The van der Waals surface area contributed by atoms with Crippen LogP contribution >= 0.6 is 0 Å². The molecule has 4 nitrogen and oxygen atoms in total. The van der Waals surface area contributed by atoms with E-state index >= 15 is 0 Å². The summed E-state index contributed by atoms with van der Waals surface area (Å²) < 4.78 is 214. The molecule has 0 aliphatic carbocycles. The summed E-state index contributed by atoms with van der Waals surface area (Å²) in [5.74, 6) is 0.451. The van der Waals surface area contributed by atoms with Crippen LogP contribution in [0.15, 0.2) is 176 Å². The van der Waals surface area contributed by atoms with Crippen molar-refractivity contribution in [3.63, 3.8) is 0 Å². The Morgan fingerprint density at radius 3 is 0.987 bits per heavy atom. The van der Waals surface area contributed by atoms with Crippen LogP contribution in [0.3, 0.4) is 0 Å². The van der Waals surface area contributed by atoms with E-state index in [4.69, 9.17) is 15.0 Å². The maximum atomic E-state index is 14.2. The van der Waals surface area contributed by atoms with E-state index in [0.29, 0.717) is 35.4 Å². The maximum Gasteiger partial charge on any atom is 0.416 e. The lowest BCUT2D eigenvalue weighted by Crippen LogP contribution is -2.11. The van der Waals surface area contributed by atoms with Crippen molar-refractivity contribution in [3.8, 4) is 73.2 Å². The lowest BCUT2D eigenvalue weighted by molar-refractivity contribution is -0.144. The van der Waals surface area contributed by atoms with Gasteiger partial charge in [-0.2, -0.15) is 65.9 Å². The quantitative estimate of drug-likeness (QED) is 0.149. The predicted molar refractivity (Wildman–Crippen MR) is 252 cm³/mol. The molecule has 378 valence electrons. The summed E-state index contributed by atoms with van der Waals surface area (Å²) >= 11 is 0. The molecule has 0 aliphatic heterocycles. The molecule has 0 saturated carbocycles. The first-order valence-electron chi connectivity index (χ1n) is 22.2. The molecule has 2 heterocycles. The van der Waals surface area contributed by atoms with Crippen LogP contribution in [0.5, 0.6) is 0 Å². The molecule has 10 aromatic rings. The first-order valence-corrected chi connectivity index (χ1v) is 22.2. The zero-order valence-corrected chi connectivity index (χ0v) is 37.7. The molecule has 75 heavy (non-hydrogen) atoms. The van der Waals surface area contributed by atoms with Crippen molar-refractivity contribution in [2.24, 2.45) is 0 Å². The fourth-order valence-electron chi connectivity index (χ4n) is 8.76. The number of hydrogen-bond acceptors (Lipinski definition) is 3. The van der Waals surface area contributed by atoms with Crippen LogP contribution < -0.4 is 0 Å². The average Bonchev–Trinajstić information content (AvgIpc) is 3.72. The van der Waals surface area contributed by atoms with Gasteiger partial charge >= 0.3 is 30.9 Å². The minimum absolute atomic E-state index is 0.0292. The summed E-state index contributed by atoms with van der Waals surface area (Å²) in [6.07, 6.45) is -25.7. The number of nitrogens with zero attached hydrogens (tertiary/aromatic N) is 4. The van der Waals surface area contributed by atoms with Gasteiger partial charge in [-0.05, 0) is 94.5 Å². The highest BCUT2D eigenvalue weighted by Gasteiger charge is 2.39. The summed E-state index contributed by atoms with van der Waals surface area (Å²) in [6.45, 7) is 0. The van der Waals surface area contributed by atoms with Crippen LogP contribution in [0, 0.1) is 0 Å². The van der Waals surface area contributed by atoms with E-state index in [-0.39, 0.29) is 84.9 Å². The fourth-order valence-corrected chi connectivity index (χ4v) is 8.76. The summed E-state index contributed by atoms with van der Waals surface area (Å²) in [4.78, 5) is 14.3. The van der Waals surface area contributed by atoms with Gasteiger partial charge in [0.1, 0.15) is 0 Å². The van der Waals surface area contributed by atoms with Gasteiger partial charge in [-0.3, -0.25) is 0 Å².